The highest BCUT2D eigenvalue weighted by molar-refractivity contribution is 5.98. The van der Waals surface area contributed by atoms with E-state index in [0.717, 1.165) is 16.8 Å². The highest BCUT2D eigenvalue weighted by Crippen LogP contribution is 2.28. The number of nitrogen functional groups attached to an aromatic ring is 1. The van der Waals surface area contributed by atoms with Crippen LogP contribution in [-0.2, 0) is 0 Å². The monoisotopic (exact) mass is 176 g/mol. The maximum absolute atomic E-state index is 11.4. The van der Waals surface area contributed by atoms with Crippen LogP contribution in [0.1, 0.15) is 28.8 Å². The van der Waals surface area contributed by atoms with E-state index in [-0.39, 0.29) is 5.91 Å². The molecule has 1 aliphatic rings. The summed E-state index contributed by atoms with van der Waals surface area (Å²) in [4.78, 5) is 11.4. The molecule has 3 heteroatoms. The first-order valence-electron chi connectivity index (χ1n) is 4.36. The molecule has 0 aromatic heterocycles. The smallest absolute Gasteiger partial charge is 0.251 e. The number of hydrogen-bond donors (Lipinski definition) is 2. The van der Waals surface area contributed by atoms with Gasteiger partial charge in [0.1, 0.15) is 0 Å². The van der Waals surface area contributed by atoms with Gasteiger partial charge in [0.2, 0.25) is 0 Å². The molecule has 3 N–H and O–H groups in total. The third-order valence-electron chi connectivity index (χ3n) is 2.45. The van der Waals surface area contributed by atoms with Gasteiger partial charge >= 0.3 is 0 Å². The fourth-order valence-electron chi connectivity index (χ4n) is 1.77. The molecule has 1 atom stereocenters. The molecule has 3 nitrogen and oxygen atoms in total. The molecule has 0 radical (unpaired) electrons. The van der Waals surface area contributed by atoms with Crippen molar-refractivity contribution >= 4 is 11.6 Å². The van der Waals surface area contributed by atoms with Crippen LogP contribution in [-0.4, -0.2) is 12.5 Å². The Morgan fingerprint density at radius 2 is 2.31 bits per heavy atom. The van der Waals surface area contributed by atoms with Gasteiger partial charge in [-0.25, -0.2) is 0 Å². The molecule has 0 fully saturated rings. The molecule has 13 heavy (non-hydrogen) atoms. The van der Waals surface area contributed by atoms with E-state index in [9.17, 15) is 4.79 Å². The van der Waals surface area contributed by atoms with Gasteiger partial charge < -0.3 is 11.1 Å². The summed E-state index contributed by atoms with van der Waals surface area (Å²) in [7, 11) is 0. The third-order valence-corrected chi connectivity index (χ3v) is 2.45. The van der Waals surface area contributed by atoms with Gasteiger partial charge in [-0.05, 0) is 17.7 Å². The van der Waals surface area contributed by atoms with Crippen LogP contribution in [0.5, 0.6) is 0 Å². The summed E-state index contributed by atoms with van der Waals surface area (Å²) in [6.45, 7) is 2.74. The molecule has 2 rings (SSSR count). The minimum atomic E-state index is -0.0135. The maximum Gasteiger partial charge on any atom is 0.251 e. The summed E-state index contributed by atoms with van der Waals surface area (Å²) in [6, 6.07) is 5.47. The van der Waals surface area contributed by atoms with E-state index < -0.39 is 0 Å². The van der Waals surface area contributed by atoms with Crippen LogP contribution in [0.25, 0.3) is 0 Å². The SMILES string of the molecule is CC1CNC(=O)c2cccc(N)c21. The van der Waals surface area contributed by atoms with E-state index in [1.54, 1.807) is 0 Å². The molecule has 1 aromatic carbocycles. The highest BCUT2D eigenvalue weighted by Gasteiger charge is 2.23. The Hall–Kier alpha value is -1.51. The number of amides is 1. The van der Waals surface area contributed by atoms with E-state index in [1.165, 1.54) is 0 Å². The van der Waals surface area contributed by atoms with E-state index in [0.29, 0.717) is 12.5 Å². The summed E-state index contributed by atoms with van der Waals surface area (Å²) in [5.41, 5.74) is 8.25. The number of rotatable bonds is 0. The number of fused-ring (bicyclic) bond motifs is 1. The summed E-state index contributed by atoms with van der Waals surface area (Å²) < 4.78 is 0. The third kappa shape index (κ3) is 1.16. The molecule has 68 valence electrons. The zero-order valence-corrected chi connectivity index (χ0v) is 7.50. The molecular formula is C10H12N2O. The second-order valence-electron chi connectivity index (χ2n) is 3.42. The molecule has 0 saturated carbocycles. The molecule has 1 aromatic rings. The molecule has 0 bridgehead atoms. The van der Waals surface area contributed by atoms with Crippen molar-refractivity contribution < 1.29 is 4.79 Å². The molecule has 1 aliphatic heterocycles. The van der Waals surface area contributed by atoms with E-state index in [4.69, 9.17) is 5.73 Å². The van der Waals surface area contributed by atoms with E-state index in [2.05, 4.69) is 12.2 Å². The Bertz CT molecular complexity index is 360. The van der Waals surface area contributed by atoms with Crippen LogP contribution in [0.15, 0.2) is 18.2 Å². The van der Waals surface area contributed by atoms with Crippen LogP contribution in [0.3, 0.4) is 0 Å². The molecule has 0 aliphatic carbocycles. The van der Waals surface area contributed by atoms with Crippen molar-refractivity contribution in [2.75, 3.05) is 12.3 Å². The van der Waals surface area contributed by atoms with Crippen LogP contribution >= 0.6 is 0 Å². The normalized spacial score (nSPS) is 20.7. The minimum Gasteiger partial charge on any atom is -0.398 e. The Balaban J connectivity index is 2.63. The van der Waals surface area contributed by atoms with Crippen LogP contribution in [0, 0.1) is 0 Å². The number of hydrogen-bond acceptors (Lipinski definition) is 2. The lowest BCUT2D eigenvalue weighted by Gasteiger charge is -2.23. The summed E-state index contributed by atoms with van der Waals surface area (Å²) in [5, 5.41) is 2.82. The Morgan fingerprint density at radius 3 is 3.00 bits per heavy atom. The van der Waals surface area contributed by atoms with Crippen molar-refractivity contribution in [1.29, 1.82) is 0 Å². The Morgan fingerprint density at radius 1 is 1.54 bits per heavy atom. The Labute approximate surface area is 76.9 Å². The molecule has 1 heterocycles. The average Bonchev–Trinajstić information content (AvgIpc) is 2.12. The highest BCUT2D eigenvalue weighted by atomic mass is 16.1. The number of carbonyl (C=O) groups excluding carboxylic acids is 1. The largest absolute Gasteiger partial charge is 0.398 e. The van der Waals surface area contributed by atoms with Gasteiger partial charge in [-0.3, -0.25) is 4.79 Å². The van der Waals surface area contributed by atoms with Crippen molar-refractivity contribution in [3.8, 4) is 0 Å². The lowest BCUT2D eigenvalue weighted by molar-refractivity contribution is 0.0941. The van der Waals surface area contributed by atoms with Gasteiger partial charge in [0.15, 0.2) is 0 Å². The van der Waals surface area contributed by atoms with Crippen LogP contribution in [0.4, 0.5) is 5.69 Å². The number of benzene rings is 1. The zero-order chi connectivity index (χ0) is 9.42. The molecular weight excluding hydrogens is 164 g/mol. The summed E-state index contributed by atoms with van der Waals surface area (Å²) in [5.74, 6) is 0.300. The quantitative estimate of drug-likeness (QED) is 0.582. The molecule has 1 amide bonds. The van der Waals surface area contributed by atoms with Crippen molar-refractivity contribution in [2.24, 2.45) is 0 Å². The second-order valence-corrected chi connectivity index (χ2v) is 3.42. The van der Waals surface area contributed by atoms with Gasteiger partial charge in [-0.1, -0.05) is 13.0 Å². The van der Waals surface area contributed by atoms with Gasteiger partial charge in [0.05, 0.1) is 0 Å². The first-order chi connectivity index (χ1) is 6.20. The Kier molecular flexibility index (Phi) is 1.72. The predicted octanol–water partition coefficient (Wildman–Crippen LogP) is 1.12. The second kappa shape index (κ2) is 2.76. The van der Waals surface area contributed by atoms with Crippen LogP contribution in [0.2, 0.25) is 0 Å². The van der Waals surface area contributed by atoms with Gasteiger partial charge in [0.25, 0.3) is 5.91 Å². The molecule has 0 saturated heterocycles. The van der Waals surface area contributed by atoms with Gasteiger partial charge in [-0.2, -0.15) is 0 Å². The minimum absolute atomic E-state index is 0.0135. The first kappa shape index (κ1) is 8.10. The predicted molar refractivity (Wildman–Crippen MR) is 51.6 cm³/mol. The number of nitrogens with one attached hydrogen (secondary N) is 1. The number of carbonyl (C=O) groups is 1. The molecule has 1 unspecified atom stereocenters. The average molecular weight is 176 g/mol. The summed E-state index contributed by atoms with van der Waals surface area (Å²) in [6.07, 6.45) is 0. The lowest BCUT2D eigenvalue weighted by atomic mass is 9.90. The van der Waals surface area contributed by atoms with Gasteiger partial charge in [0, 0.05) is 23.7 Å². The fourth-order valence-corrected chi connectivity index (χ4v) is 1.77. The topological polar surface area (TPSA) is 55.1 Å². The maximum atomic E-state index is 11.4. The zero-order valence-electron chi connectivity index (χ0n) is 7.50. The van der Waals surface area contributed by atoms with E-state index in [1.807, 2.05) is 18.2 Å². The summed E-state index contributed by atoms with van der Waals surface area (Å²) >= 11 is 0. The number of anilines is 1. The van der Waals surface area contributed by atoms with Crippen LogP contribution < -0.4 is 11.1 Å². The lowest BCUT2D eigenvalue weighted by Crippen LogP contribution is -2.34. The molecule has 0 spiro atoms. The first-order valence-corrected chi connectivity index (χ1v) is 4.36. The van der Waals surface area contributed by atoms with Crippen molar-refractivity contribution in [3.63, 3.8) is 0 Å². The van der Waals surface area contributed by atoms with Crippen molar-refractivity contribution in [1.82, 2.24) is 5.32 Å². The number of nitrogens with two attached hydrogens (primary N) is 1. The van der Waals surface area contributed by atoms with Gasteiger partial charge in [-0.15, -0.1) is 0 Å². The van der Waals surface area contributed by atoms with Crippen molar-refractivity contribution in [3.05, 3.63) is 29.3 Å². The van der Waals surface area contributed by atoms with Crippen molar-refractivity contribution in [2.45, 2.75) is 12.8 Å². The van der Waals surface area contributed by atoms with E-state index >= 15 is 0 Å². The fraction of sp³-hybridized carbons (Fsp3) is 0.300. The standard InChI is InChI=1S/C10H12N2O/c1-6-5-12-10(13)7-3-2-4-8(11)9(6)7/h2-4,6H,5,11H2,1H3,(H,12,13).